The van der Waals surface area contributed by atoms with Crippen molar-refractivity contribution in [1.82, 2.24) is 24.7 Å². The Labute approximate surface area is 201 Å². The Kier molecular flexibility index (Phi) is 5.31. The molecule has 5 rings (SSSR count). The molecule has 0 aliphatic heterocycles. The zero-order valence-electron chi connectivity index (χ0n) is 17.4. The molecule has 0 amide bonds. The van der Waals surface area contributed by atoms with Gasteiger partial charge >= 0.3 is 5.76 Å². The topological polar surface area (TPSA) is 110 Å². The number of hydrogen-bond donors (Lipinski definition) is 2. The van der Waals surface area contributed by atoms with Crippen LogP contribution in [0.25, 0.3) is 27.8 Å². The van der Waals surface area contributed by atoms with E-state index in [1.54, 1.807) is 24.3 Å². The molecule has 0 unspecified atom stereocenters. The van der Waals surface area contributed by atoms with Gasteiger partial charge in [0.05, 0.1) is 21.3 Å². The van der Waals surface area contributed by atoms with Gasteiger partial charge in [0.15, 0.2) is 11.2 Å². The standard InChI is InChI=1S/C22H16Cl3N5O3/c1-9(2)18-17-20(30(29-18)19-12(24)7-11(23)8-13(19)25)27-16(28-21(17)31)6-10-3-4-14-15(5-10)33-22(32)26-14/h3-5,7-9H,6H2,1-2H3,(H,26,32)(H,27,28,31). The molecule has 2 N–H and O–H groups in total. The maximum absolute atomic E-state index is 13.1. The summed E-state index contributed by atoms with van der Waals surface area (Å²) in [5, 5.41) is 5.94. The van der Waals surface area contributed by atoms with E-state index in [0.29, 0.717) is 50.8 Å². The van der Waals surface area contributed by atoms with Crippen LogP contribution >= 0.6 is 34.8 Å². The molecule has 33 heavy (non-hydrogen) atoms. The first kappa shape index (κ1) is 21.8. The number of fused-ring (bicyclic) bond motifs is 2. The van der Waals surface area contributed by atoms with E-state index in [1.807, 2.05) is 19.9 Å². The van der Waals surface area contributed by atoms with Crippen LogP contribution in [0.5, 0.6) is 0 Å². The number of benzene rings is 2. The molecule has 5 aromatic rings. The van der Waals surface area contributed by atoms with Gasteiger partial charge in [-0.3, -0.25) is 9.78 Å². The highest BCUT2D eigenvalue weighted by Crippen LogP contribution is 2.34. The third-order valence-corrected chi connectivity index (χ3v) is 6.01. The van der Waals surface area contributed by atoms with Crippen LogP contribution in [0.3, 0.4) is 0 Å². The third kappa shape index (κ3) is 3.84. The predicted molar refractivity (Wildman–Crippen MR) is 128 cm³/mol. The molecule has 0 radical (unpaired) electrons. The number of rotatable bonds is 4. The molecule has 3 aromatic heterocycles. The third-order valence-electron chi connectivity index (χ3n) is 5.21. The largest absolute Gasteiger partial charge is 0.417 e. The normalized spacial score (nSPS) is 11.8. The number of aromatic amines is 2. The van der Waals surface area contributed by atoms with Gasteiger partial charge in [-0.05, 0) is 35.7 Å². The van der Waals surface area contributed by atoms with Gasteiger partial charge in [-0.1, -0.05) is 54.7 Å². The lowest BCUT2D eigenvalue weighted by molar-refractivity contribution is 0.555. The lowest BCUT2D eigenvalue weighted by Crippen LogP contribution is -2.14. The summed E-state index contributed by atoms with van der Waals surface area (Å²) in [4.78, 5) is 34.7. The summed E-state index contributed by atoms with van der Waals surface area (Å²) < 4.78 is 6.61. The second-order valence-electron chi connectivity index (χ2n) is 7.90. The average molecular weight is 505 g/mol. The minimum absolute atomic E-state index is 0.0498. The molecule has 2 aromatic carbocycles. The Morgan fingerprint density at radius 3 is 2.48 bits per heavy atom. The van der Waals surface area contributed by atoms with Gasteiger partial charge in [0.25, 0.3) is 5.56 Å². The Balaban J connectivity index is 1.70. The van der Waals surface area contributed by atoms with Crippen molar-refractivity contribution >= 4 is 56.9 Å². The average Bonchev–Trinajstić information content (AvgIpc) is 3.27. The van der Waals surface area contributed by atoms with Crippen molar-refractivity contribution in [3.8, 4) is 5.69 Å². The van der Waals surface area contributed by atoms with Crippen molar-refractivity contribution in [2.75, 3.05) is 0 Å². The van der Waals surface area contributed by atoms with E-state index in [4.69, 9.17) is 44.2 Å². The molecule has 0 fully saturated rings. The summed E-state index contributed by atoms with van der Waals surface area (Å²) in [6.07, 6.45) is 0.292. The van der Waals surface area contributed by atoms with E-state index in [2.05, 4.69) is 15.1 Å². The van der Waals surface area contributed by atoms with Crippen molar-refractivity contribution in [3.05, 3.63) is 83.4 Å². The van der Waals surface area contributed by atoms with Gasteiger partial charge in [0, 0.05) is 11.4 Å². The van der Waals surface area contributed by atoms with Crippen LogP contribution in [0, 0.1) is 0 Å². The molecule has 0 saturated carbocycles. The van der Waals surface area contributed by atoms with Gasteiger partial charge in [0.2, 0.25) is 0 Å². The minimum Gasteiger partial charge on any atom is -0.408 e. The predicted octanol–water partition coefficient (Wildman–Crippen LogP) is 5.22. The highest BCUT2D eigenvalue weighted by molar-refractivity contribution is 6.40. The summed E-state index contributed by atoms with van der Waals surface area (Å²) >= 11 is 19.0. The molecular formula is C22H16Cl3N5O3. The molecule has 0 atom stereocenters. The summed E-state index contributed by atoms with van der Waals surface area (Å²) in [6, 6.07) is 8.39. The van der Waals surface area contributed by atoms with E-state index < -0.39 is 5.76 Å². The van der Waals surface area contributed by atoms with Crippen LogP contribution < -0.4 is 11.3 Å². The highest BCUT2D eigenvalue weighted by atomic mass is 35.5. The number of halogens is 3. The van der Waals surface area contributed by atoms with Gasteiger partial charge in [0.1, 0.15) is 16.9 Å². The molecule has 0 aliphatic carbocycles. The molecule has 168 valence electrons. The Bertz CT molecular complexity index is 1640. The molecule has 11 heteroatoms. The molecule has 3 heterocycles. The first-order chi connectivity index (χ1) is 15.7. The second-order valence-corrected chi connectivity index (χ2v) is 9.15. The lowest BCUT2D eigenvalue weighted by Gasteiger charge is -2.09. The quantitative estimate of drug-likeness (QED) is 0.349. The van der Waals surface area contributed by atoms with E-state index in [1.165, 1.54) is 4.68 Å². The fourth-order valence-corrected chi connectivity index (χ4v) is 4.75. The zero-order chi connectivity index (χ0) is 23.4. The van der Waals surface area contributed by atoms with Gasteiger partial charge in [-0.2, -0.15) is 5.10 Å². The number of H-pyrrole nitrogens is 2. The van der Waals surface area contributed by atoms with Crippen LogP contribution in [-0.2, 0) is 6.42 Å². The number of nitrogens with zero attached hydrogens (tertiary/aromatic N) is 3. The van der Waals surface area contributed by atoms with E-state index in [0.717, 1.165) is 5.56 Å². The van der Waals surface area contributed by atoms with E-state index in [-0.39, 0.29) is 21.5 Å². The molecule has 0 saturated heterocycles. The highest BCUT2D eigenvalue weighted by Gasteiger charge is 2.23. The fourth-order valence-electron chi connectivity index (χ4n) is 3.77. The van der Waals surface area contributed by atoms with Crippen LogP contribution in [-0.4, -0.2) is 24.7 Å². The van der Waals surface area contributed by atoms with Crippen molar-refractivity contribution < 1.29 is 4.42 Å². The minimum atomic E-state index is -0.531. The van der Waals surface area contributed by atoms with Crippen LogP contribution in [0.15, 0.2) is 44.3 Å². The molecular weight excluding hydrogens is 489 g/mol. The SMILES string of the molecule is CC(C)c1nn(-c2c(Cl)cc(Cl)cc2Cl)c2nc(Cc3ccc4[nH]c(=O)oc4c3)[nH]c(=O)c12. The molecule has 0 bridgehead atoms. The van der Waals surface area contributed by atoms with Crippen LogP contribution in [0.1, 0.15) is 36.8 Å². The maximum Gasteiger partial charge on any atom is 0.417 e. The number of oxazole rings is 1. The Hall–Kier alpha value is -3.07. The first-order valence-corrected chi connectivity index (χ1v) is 11.1. The molecule has 0 spiro atoms. The zero-order valence-corrected chi connectivity index (χ0v) is 19.6. The van der Waals surface area contributed by atoms with Gasteiger partial charge in [-0.25, -0.2) is 14.5 Å². The van der Waals surface area contributed by atoms with Gasteiger partial charge < -0.3 is 9.40 Å². The summed E-state index contributed by atoms with van der Waals surface area (Å²) in [5.74, 6) is -0.175. The Morgan fingerprint density at radius 2 is 1.79 bits per heavy atom. The number of hydrogen-bond acceptors (Lipinski definition) is 5. The van der Waals surface area contributed by atoms with Gasteiger partial charge in [-0.15, -0.1) is 0 Å². The monoisotopic (exact) mass is 503 g/mol. The van der Waals surface area contributed by atoms with Crippen molar-refractivity contribution in [3.63, 3.8) is 0 Å². The smallest absolute Gasteiger partial charge is 0.408 e. The fraction of sp³-hybridized carbons (Fsp3) is 0.182. The van der Waals surface area contributed by atoms with E-state index in [9.17, 15) is 9.59 Å². The Morgan fingerprint density at radius 1 is 1.06 bits per heavy atom. The maximum atomic E-state index is 13.1. The number of nitrogens with one attached hydrogen (secondary N) is 2. The summed E-state index contributed by atoms with van der Waals surface area (Å²) in [7, 11) is 0. The van der Waals surface area contributed by atoms with E-state index >= 15 is 0 Å². The van der Waals surface area contributed by atoms with Crippen LogP contribution in [0.2, 0.25) is 15.1 Å². The first-order valence-electron chi connectivity index (χ1n) is 9.99. The summed E-state index contributed by atoms with van der Waals surface area (Å²) in [6.45, 7) is 3.87. The molecule has 0 aliphatic rings. The van der Waals surface area contributed by atoms with Crippen molar-refractivity contribution in [1.29, 1.82) is 0 Å². The van der Waals surface area contributed by atoms with Crippen molar-refractivity contribution in [2.45, 2.75) is 26.2 Å². The second kappa shape index (κ2) is 8.06. The van der Waals surface area contributed by atoms with Crippen LogP contribution in [0.4, 0.5) is 0 Å². The molecule has 8 nitrogen and oxygen atoms in total. The lowest BCUT2D eigenvalue weighted by atomic mass is 10.1. The summed E-state index contributed by atoms with van der Waals surface area (Å²) in [5.41, 5.74) is 2.78. The number of aromatic nitrogens is 5. The van der Waals surface area contributed by atoms with Crippen molar-refractivity contribution in [2.24, 2.45) is 0 Å².